The molecule has 0 spiro atoms. The van der Waals surface area contributed by atoms with Crippen LogP contribution in [0.2, 0.25) is 0 Å². The summed E-state index contributed by atoms with van der Waals surface area (Å²) in [5.74, 6) is 1.71. The lowest BCUT2D eigenvalue weighted by molar-refractivity contribution is -0.127. The number of nitrogens with zero attached hydrogens (tertiary/aromatic N) is 3. The van der Waals surface area contributed by atoms with Crippen LogP contribution in [0.1, 0.15) is 37.6 Å². The van der Waals surface area contributed by atoms with Gasteiger partial charge in [0, 0.05) is 31.0 Å². The summed E-state index contributed by atoms with van der Waals surface area (Å²) < 4.78 is 30.1. The first-order valence-electron chi connectivity index (χ1n) is 10.8. The van der Waals surface area contributed by atoms with Gasteiger partial charge in [-0.15, -0.1) is 0 Å². The highest BCUT2D eigenvalue weighted by molar-refractivity contribution is 5.79. The number of rotatable bonds is 9. The van der Waals surface area contributed by atoms with E-state index in [2.05, 4.69) is 10.1 Å². The predicted octanol–water partition coefficient (Wildman–Crippen LogP) is 4.23. The number of carbonyl (C=O) groups is 1. The Bertz CT molecular complexity index is 1080. The Morgan fingerprint density at radius 2 is 1.94 bits per heavy atom. The molecule has 1 aromatic heterocycles. The Balaban J connectivity index is 1.39. The maximum absolute atomic E-state index is 13.5. The lowest BCUT2D eigenvalue weighted by Gasteiger charge is -2.17. The fourth-order valence-electron chi connectivity index (χ4n) is 3.82. The van der Waals surface area contributed by atoms with Gasteiger partial charge in [0.05, 0.1) is 13.2 Å². The molecule has 0 N–H and O–H groups in total. The Morgan fingerprint density at radius 3 is 2.72 bits per heavy atom. The summed E-state index contributed by atoms with van der Waals surface area (Å²) in [4.78, 5) is 18.8. The second-order valence-electron chi connectivity index (χ2n) is 7.61. The van der Waals surface area contributed by atoms with Gasteiger partial charge in [-0.1, -0.05) is 17.3 Å². The maximum Gasteiger partial charge on any atom is 0.258 e. The number of carbonyl (C=O) groups excluding carboxylic acids is 1. The number of amides is 1. The van der Waals surface area contributed by atoms with Crippen molar-refractivity contribution >= 4 is 5.91 Å². The van der Waals surface area contributed by atoms with Gasteiger partial charge in [-0.25, -0.2) is 4.39 Å². The van der Waals surface area contributed by atoms with Crippen molar-refractivity contribution in [3.63, 3.8) is 0 Å². The largest absolute Gasteiger partial charge is 0.490 e. The zero-order valence-corrected chi connectivity index (χ0v) is 18.2. The lowest BCUT2D eigenvalue weighted by atomic mass is 10.1. The molecule has 8 heteroatoms. The van der Waals surface area contributed by atoms with Crippen LogP contribution in [0, 0.1) is 5.82 Å². The van der Waals surface area contributed by atoms with E-state index < -0.39 is 0 Å². The van der Waals surface area contributed by atoms with Crippen LogP contribution in [0.5, 0.6) is 11.5 Å². The van der Waals surface area contributed by atoms with E-state index in [1.54, 1.807) is 12.1 Å². The third-order valence-electron chi connectivity index (χ3n) is 5.37. The van der Waals surface area contributed by atoms with E-state index in [0.29, 0.717) is 56.3 Å². The van der Waals surface area contributed by atoms with Crippen molar-refractivity contribution in [1.29, 1.82) is 0 Å². The number of hydrogen-bond acceptors (Lipinski definition) is 6. The summed E-state index contributed by atoms with van der Waals surface area (Å²) in [6, 6.07) is 11.9. The van der Waals surface area contributed by atoms with Gasteiger partial charge in [0.15, 0.2) is 17.3 Å². The van der Waals surface area contributed by atoms with Crippen molar-refractivity contribution in [2.45, 2.75) is 32.6 Å². The Kier molecular flexibility index (Phi) is 6.68. The highest BCUT2D eigenvalue weighted by Crippen LogP contribution is 2.31. The van der Waals surface area contributed by atoms with E-state index in [4.69, 9.17) is 14.0 Å². The first kappa shape index (κ1) is 21.8. The minimum atomic E-state index is -0.369. The fourth-order valence-corrected chi connectivity index (χ4v) is 3.82. The summed E-state index contributed by atoms with van der Waals surface area (Å²) in [7, 11) is 0. The molecule has 0 radical (unpaired) electrons. The number of hydrogen-bond donors (Lipinski definition) is 0. The zero-order chi connectivity index (χ0) is 22.5. The highest BCUT2D eigenvalue weighted by Gasteiger charge is 2.33. The van der Waals surface area contributed by atoms with E-state index >= 15 is 0 Å². The van der Waals surface area contributed by atoms with Gasteiger partial charge < -0.3 is 18.9 Å². The summed E-state index contributed by atoms with van der Waals surface area (Å²) in [5, 5.41) is 4.03. The monoisotopic (exact) mass is 439 g/mol. The fraction of sp³-hybridized carbons (Fsp3) is 0.375. The van der Waals surface area contributed by atoms with Crippen molar-refractivity contribution in [2.75, 3.05) is 26.3 Å². The molecule has 32 heavy (non-hydrogen) atoms. The molecule has 0 aliphatic carbocycles. The van der Waals surface area contributed by atoms with Crippen molar-refractivity contribution < 1.29 is 23.2 Å². The van der Waals surface area contributed by atoms with E-state index in [1.807, 2.05) is 36.9 Å². The molecule has 0 bridgehead atoms. The van der Waals surface area contributed by atoms with Crippen molar-refractivity contribution in [1.82, 2.24) is 15.0 Å². The summed E-state index contributed by atoms with van der Waals surface area (Å²) in [6.07, 6.45) is 1.03. The molecule has 1 aliphatic heterocycles. The molecule has 2 heterocycles. The summed E-state index contributed by atoms with van der Waals surface area (Å²) >= 11 is 0. The molecule has 1 aliphatic rings. The van der Waals surface area contributed by atoms with Gasteiger partial charge >= 0.3 is 0 Å². The highest BCUT2D eigenvalue weighted by atomic mass is 19.1. The predicted molar refractivity (Wildman–Crippen MR) is 116 cm³/mol. The first-order valence-corrected chi connectivity index (χ1v) is 10.8. The number of aromatic nitrogens is 2. The second-order valence-corrected chi connectivity index (χ2v) is 7.61. The van der Waals surface area contributed by atoms with Gasteiger partial charge in [-0.2, -0.15) is 4.98 Å². The standard InChI is InChI=1S/C24H26FN3O4/c1-3-30-20-9-8-16(12-21(20)31-4-2)10-11-28-15-18(14-22(28)29)23-26-24(32-27-23)17-6-5-7-19(25)13-17/h5-9,12-13,18H,3-4,10-11,14-15H2,1-2H3. The van der Waals surface area contributed by atoms with Crippen LogP contribution in [-0.4, -0.2) is 47.3 Å². The number of benzene rings is 2. The van der Waals surface area contributed by atoms with Crippen LogP contribution in [0.25, 0.3) is 11.5 Å². The third kappa shape index (κ3) is 4.90. The minimum absolute atomic E-state index is 0.0584. The Labute approximate surface area is 186 Å². The quantitative estimate of drug-likeness (QED) is 0.497. The van der Waals surface area contributed by atoms with Gasteiger partial charge in [0.1, 0.15) is 5.82 Å². The zero-order valence-electron chi connectivity index (χ0n) is 18.2. The van der Waals surface area contributed by atoms with Crippen LogP contribution in [0.15, 0.2) is 47.0 Å². The number of ether oxygens (including phenoxy) is 2. The Hall–Kier alpha value is -3.42. The SMILES string of the molecule is CCOc1ccc(CCN2CC(c3noc(-c4cccc(F)c4)n3)CC2=O)cc1OCC. The average molecular weight is 439 g/mol. The van der Waals surface area contributed by atoms with Crippen molar-refractivity contribution in [3.8, 4) is 23.0 Å². The smallest absolute Gasteiger partial charge is 0.258 e. The Morgan fingerprint density at radius 1 is 1.12 bits per heavy atom. The van der Waals surface area contributed by atoms with Gasteiger partial charge in [-0.05, 0) is 56.2 Å². The topological polar surface area (TPSA) is 77.7 Å². The van der Waals surface area contributed by atoms with Crippen LogP contribution in [0.4, 0.5) is 4.39 Å². The molecule has 1 fully saturated rings. The van der Waals surface area contributed by atoms with Crippen molar-refractivity contribution in [2.24, 2.45) is 0 Å². The average Bonchev–Trinajstić information content (AvgIpc) is 3.41. The minimum Gasteiger partial charge on any atom is -0.490 e. The molecule has 168 valence electrons. The van der Waals surface area contributed by atoms with Crippen LogP contribution in [0.3, 0.4) is 0 Å². The molecule has 2 aromatic carbocycles. The summed E-state index contributed by atoms with van der Waals surface area (Å²) in [5.41, 5.74) is 1.59. The molecule has 1 saturated heterocycles. The van der Waals surface area contributed by atoms with E-state index in [0.717, 1.165) is 11.3 Å². The molecule has 1 unspecified atom stereocenters. The molecule has 1 atom stereocenters. The van der Waals surface area contributed by atoms with E-state index in [9.17, 15) is 9.18 Å². The molecule has 1 amide bonds. The van der Waals surface area contributed by atoms with Crippen LogP contribution in [-0.2, 0) is 11.2 Å². The second kappa shape index (κ2) is 9.80. The lowest BCUT2D eigenvalue weighted by Crippen LogP contribution is -2.27. The van der Waals surface area contributed by atoms with Crippen molar-refractivity contribution in [3.05, 3.63) is 59.7 Å². The number of likely N-dealkylation sites (tertiary alicyclic amines) is 1. The van der Waals surface area contributed by atoms with Crippen LogP contribution >= 0.6 is 0 Å². The molecule has 7 nitrogen and oxygen atoms in total. The van der Waals surface area contributed by atoms with E-state index in [1.165, 1.54) is 12.1 Å². The van der Waals surface area contributed by atoms with Gasteiger partial charge in [0.2, 0.25) is 5.91 Å². The van der Waals surface area contributed by atoms with Crippen LogP contribution < -0.4 is 9.47 Å². The number of halogens is 1. The van der Waals surface area contributed by atoms with Gasteiger partial charge in [-0.3, -0.25) is 4.79 Å². The van der Waals surface area contributed by atoms with Gasteiger partial charge in [0.25, 0.3) is 5.89 Å². The molecular formula is C24H26FN3O4. The molecule has 4 rings (SSSR count). The molecular weight excluding hydrogens is 413 g/mol. The molecule has 3 aromatic rings. The summed E-state index contributed by atoms with van der Waals surface area (Å²) in [6.45, 7) is 6.10. The van der Waals surface area contributed by atoms with E-state index in [-0.39, 0.29) is 23.5 Å². The maximum atomic E-state index is 13.5. The molecule has 0 saturated carbocycles. The third-order valence-corrected chi connectivity index (χ3v) is 5.37. The normalized spacial score (nSPS) is 15.9. The first-order chi connectivity index (χ1) is 15.6.